The number of esters is 1. The Morgan fingerprint density at radius 2 is 1.93 bits per heavy atom. The van der Waals surface area contributed by atoms with Crippen LogP contribution in [0.5, 0.6) is 0 Å². The minimum Gasteiger partial charge on any atom is -0.451 e. The van der Waals surface area contributed by atoms with Gasteiger partial charge in [-0.15, -0.1) is 11.3 Å². The van der Waals surface area contributed by atoms with Gasteiger partial charge in [0, 0.05) is 33.8 Å². The summed E-state index contributed by atoms with van der Waals surface area (Å²) in [6.07, 6.45) is 0.919. The van der Waals surface area contributed by atoms with Crippen LogP contribution in [0, 0.1) is 13.8 Å². The van der Waals surface area contributed by atoms with E-state index >= 15 is 0 Å². The van der Waals surface area contributed by atoms with E-state index in [1.807, 2.05) is 44.2 Å². The van der Waals surface area contributed by atoms with E-state index < -0.39 is 5.97 Å². The van der Waals surface area contributed by atoms with Crippen molar-refractivity contribution in [1.29, 1.82) is 0 Å². The number of para-hydroxylation sites is 1. The Balaban J connectivity index is 1.41. The lowest BCUT2D eigenvalue weighted by Crippen LogP contribution is -2.15. The van der Waals surface area contributed by atoms with E-state index in [-0.39, 0.29) is 18.2 Å². The second-order valence-electron chi connectivity index (χ2n) is 6.91. The van der Waals surface area contributed by atoms with Crippen LogP contribution in [-0.2, 0) is 17.7 Å². The standard InChI is InChI=1S/C23H21NO4S/c1-15-12-19(16(2)24(15)10-9-18-7-5-11-29-18)20(25)14-27-23(26)22-13-17-6-3-4-8-21(17)28-22/h3-8,11-13H,9-10,14H2,1-2H3. The molecule has 3 aromatic heterocycles. The summed E-state index contributed by atoms with van der Waals surface area (Å²) in [6.45, 7) is 4.41. The number of nitrogens with zero attached hydrogens (tertiary/aromatic N) is 1. The van der Waals surface area contributed by atoms with Gasteiger partial charge in [0.15, 0.2) is 6.61 Å². The number of carbonyl (C=O) groups is 2. The first-order valence-electron chi connectivity index (χ1n) is 9.41. The number of furan rings is 1. The fraction of sp³-hybridized carbons (Fsp3) is 0.217. The molecule has 0 saturated heterocycles. The van der Waals surface area contributed by atoms with E-state index in [0.29, 0.717) is 11.1 Å². The maximum absolute atomic E-state index is 12.7. The highest BCUT2D eigenvalue weighted by atomic mass is 32.1. The summed E-state index contributed by atoms with van der Waals surface area (Å²) >= 11 is 1.73. The largest absolute Gasteiger partial charge is 0.451 e. The highest BCUT2D eigenvalue weighted by molar-refractivity contribution is 7.09. The van der Waals surface area contributed by atoms with Gasteiger partial charge in [-0.3, -0.25) is 4.79 Å². The molecule has 4 rings (SSSR count). The van der Waals surface area contributed by atoms with E-state index in [2.05, 4.69) is 16.0 Å². The molecule has 0 fully saturated rings. The molecule has 1 aromatic carbocycles. The lowest BCUT2D eigenvalue weighted by atomic mass is 10.1. The van der Waals surface area contributed by atoms with Gasteiger partial charge in [-0.25, -0.2) is 4.79 Å². The average Bonchev–Trinajstić information content (AvgIpc) is 3.44. The predicted molar refractivity (Wildman–Crippen MR) is 113 cm³/mol. The Morgan fingerprint density at radius 1 is 1.10 bits per heavy atom. The topological polar surface area (TPSA) is 61.4 Å². The molecule has 0 aliphatic rings. The summed E-state index contributed by atoms with van der Waals surface area (Å²) < 4.78 is 12.8. The zero-order valence-corrected chi connectivity index (χ0v) is 17.1. The molecule has 0 aliphatic heterocycles. The lowest BCUT2D eigenvalue weighted by molar-refractivity contribution is 0.0446. The fourth-order valence-corrected chi connectivity index (χ4v) is 4.16. The molecule has 0 radical (unpaired) electrons. The molecule has 0 aliphatic carbocycles. The minimum absolute atomic E-state index is 0.0976. The number of hydrogen-bond acceptors (Lipinski definition) is 5. The molecule has 148 valence electrons. The monoisotopic (exact) mass is 407 g/mol. The number of hydrogen-bond donors (Lipinski definition) is 0. The maximum Gasteiger partial charge on any atom is 0.374 e. The Bertz CT molecular complexity index is 1130. The van der Waals surface area contributed by atoms with Crippen molar-refractivity contribution < 1.29 is 18.7 Å². The first kappa shape index (κ1) is 19.2. The van der Waals surface area contributed by atoms with Crippen molar-refractivity contribution in [2.24, 2.45) is 0 Å². The molecular formula is C23H21NO4S. The number of rotatable bonds is 7. The zero-order valence-electron chi connectivity index (χ0n) is 16.3. The molecular weight excluding hydrogens is 386 g/mol. The number of aromatic nitrogens is 1. The molecule has 0 spiro atoms. The van der Waals surface area contributed by atoms with Crippen molar-refractivity contribution in [1.82, 2.24) is 4.57 Å². The fourth-order valence-electron chi connectivity index (χ4n) is 3.47. The molecule has 29 heavy (non-hydrogen) atoms. The van der Waals surface area contributed by atoms with Gasteiger partial charge in [0.2, 0.25) is 11.5 Å². The van der Waals surface area contributed by atoms with Gasteiger partial charge in [-0.2, -0.15) is 0 Å². The smallest absolute Gasteiger partial charge is 0.374 e. The van der Waals surface area contributed by atoms with Crippen molar-refractivity contribution in [2.75, 3.05) is 6.61 Å². The van der Waals surface area contributed by atoms with Gasteiger partial charge in [-0.1, -0.05) is 24.3 Å². The summed E-state index contributed by atoms with van der Waals surface area (Å²) in [5.41, 5.74) is 3.11. The number of ether oxygens (including phenoxy) is 1. The number of aryl methyl sites for hydroxylation is 2. The van der Waals surface area contributed by atoms with Gasteiger partial charge < -0.3 is 13.7 Å². The van der Waals surface area contributed by atoms with Crippen LogP contribution >= 0.6 is 11.3 Å². The van der Waals surface area contributed by atoms with Crippen molar-refractivity contribution in [2.45, 2.75) is 26.8 Å². The van der Waals surface area contributed by atoms with Crippen LogP contribution in [0.25, 0.3) is 11.0 Å². The third kappa shape index (κ3) is 4.03. The molecule has 0 atom stereocenters. The van der Waals surface area contributed by atoms with Crippen LogP contribution in [0.15, 0.2) is 58.3 Å². The number of carbonyl (C=O) groups excluding carboxylic acids is 2. The van der Waals surface area contributed by atoms with E-state index in [9.17, 15) is 9.59 Å². The Hall–Kier alpha value is -3.12. The van der Waals surface area contributed by atoms with Crippen molar-refractivity contribution in [3.05, 3.63) is 81.5 Å². The molecule has 6 heteroatoms. The number of Topliss-reactive ketones (excluding diaryl/α,β-unsaturated/α-hetero) is 1. The molecule has 0 unspecified atom stereocenters. The summed E-state index contributed by atoms with van der Waals surface area (Å²) in [5, 5.41) is 2.88. The second kappa shape index (κ2) is 8.09. The first-order chi connectivity index (χ1) is 14.0. The van der Waals surface area contributed by atoms with Gasteiger partial charge in [0.25, 0.3) is 0 Å². The summed E-state index contributed by atoms with van der Waals surface area (Å²) in [7, 11) is 0. The predicted octanol–water partition coefficient (Wildman–Crippen LogP) is 5.20. The van der Waals surface area contributed by atoms with Crippen molar-refractivity contribution in [3.8, 4) is 0 Å². The summed E-state index contributed by atoms with van der Waals surface area (Å²) in [6, 6.07) is 15.0. The Kier molecular flexibility index (Phi) is 5.36. The molecule has 5 nitrogen and oxygen atoms in total. The van der Waals surface area contributed by atoms with E-state index in [0.717, 1.165) is 29.7 Å². The third-order valence-electron chi connectivity index (χ3n) is 5.00. The molecule has 0 N–H and O–H groups in total. The van der Waals surface area contributed by atoms with Gasteiger partial charge in [0.05, 0.1) is 0 Å². The molecule has 0 saturated carbocycles. The minimum atomic E-state index is -0.638. The van der Waals surface area contributed by atoms with Gasteiger partial charge in [0.1, 0.15) is 5.58 Å². The van der Waals surface area contributed by atoms with Crippen molar-refractivity contribution >= 4 is 34.1 Å². The number of fused-ring (bicyclic) bond motifs is 1. The van der Waals surface area contributed by atoms with Crippen molar-refractivity contribution in [3.63, 3.8) is 0 Å². The maximum atomic E-state index is 12.7. The Labute approximate surface area is 172 Å². The number of thiophene rings is 1. The van der Waals surface area contributed by atoms with Crippen LogP contribution in [0.3, 0.4) is 0 Å². The zero-order chi connectivity index (χ0) is 20.4. The van der Waals surface area contributed by atoms with Crippen LogP contribution in [0.4, 0.5) is 0 Å². The van der Waals surface area contributed by atoms with E-state index in [1.165, 1.54) is 4.88 Å². The average molecular weight is 407 g/mol. The second-order valence-corrected chi connectivity index (χ2v) is 7.95. The normalized spacial score (nSPS) is 11.1. The molecule has 0 amide bonds. The van der Waals surface area contributed by atoms with Crippen LogP contribution < -0.4 is 0 Å². The first-order valence-corrected chi connectivity index (χ1v) is 10.3. The summed E-state index contributed by atoms with van der Waals surface area (Å²) in [4.78, 5) is 26.2. The SMILES string of the molecule is Cc1cc(C(=O)COC(=O)c2cc3ccccc3o2)c(C)n1CCc1cccs1. The van der Waals surface area contributed by atoms with E-state index in [4.69, 9.17) is 9.15 Å². The highest BCUT2D eigenvalue weighted by Crippen LogP contribution is 2.21. The van der Waals surface area contributed by atoms with E-state index in [1.54, 1.807) is 23.5 Å². The molecule has 4 aromatic rings. The van der Waals surface area contributed by atoms with Crippen LogP contribution in [-0.4, -0.2) is 22.9 Å². The molecule has 0 bridgehead atoms. The van der Waals surface area contributed by atoms with Gasteiger partial charge >= 0.3 is 5.97 Å². The third-order valence-corrected chi connectivity index (χ3v) is 5.93. The number of benzene rings is 1. The summed E-state index contributed by atoms with van der Waals surface area (Å²) in [5.74, 6) is -0.758. The molecule has 3 heterocycles. The Morgan fingerprint density at radius 3 is 2.69 bits per heavy atom. The quantitative estimate of drug-likeness (QED) is 0.312. The highest BCUT2D eigenvalue weighted by Gasteiger charge is 2.19. The lowest BCUT2D eigenvalue weighted by Gasteiger charge is -2.09. The van der Waals surface area contributed by atoms with Crippen LogP contribution in [0.1, 0.15) is 37.2 Å². The number of ketones is 1. The van der Waals surface area contributed by atoms with Crippen LogP contribution in [0.2, 0.25) is 0 Å². The van der Waals surface area contributed by atoms with Gasteiger partial charge in [-0.05, 0) is 49.9 Å².